The van der Waals surface area contributed by atoms with Crippen molar-refractivity contribution in [3.8, 4) is 11.5 Å². The van der Waals surface area contributed by atoms with Crippen LogP contribution < -0.4 is 9.47 Å². The number of hydrogen-bond acceptors (Lipinski definition) is 4. The van der Waals surface area contributed by atoms with Gasteiger partial charge in [0.2, 0.25) is 6.79 Å². The van der Waals surface area contributed by atoms with Crippen LogP contribution in [-0.4, -0.2) is 38.0 Å². The van der Waals surface area contributed by atoms with Crippen LogP contribution in [0, 0.1) is 0 Å². The highest BCUT2D eigenvalue weighted by molar-refractivity contribution is 6.31. The molecule has 0 aromatic heterocycles. The van der Waals surface area contributed by atoms with Gasteiger partial charge < -0.3 is 14.2 Å². The molecule has 2 aliphatic heterocycles. The maximum absolute atomic E-state index is 6.30. The van der Waals surface area contributed by atoms with Crippen LogP contribution in [0.4, 0.5) is 0 Å². The number of nitrogens with zero attached hydrogens (tertiary/aromatic N) is 1. The van der Waals surface area contributed by atoms with Crippen LogP contribution in [0.3, 0.4) is 0 Å². The fourth-order valence-corrected chi connectivity index (χ4v) is 2.95. The Morgan fingerprint density at radius 2 is 2.05 bits per heavy atom. The van der Waals surface area contributed by atoms with E-state index in [1.54, 1.807) is 0 Å². The van der Waals surface area contributed by atoms with Gasteiger partial charge in [-0.1, -0.05) is 11.6 Å². The van der Waals surface area contributed by atoms with E-state index >= 15 is 0 Å². The van der Waals surface area contributed by atoms with Crippen LogP contribution in [0.1, 0.15) is 24.8 Å². The first-order valence-electron chi connectivity index (χ1n) is 7.10. The molecule has 0 bridgehead atoms. The van der Waals surface area contributed by atoms with Crippen LogP contribution in [0.2, 0.25) is 5.02 Å². The molecular formula is C15H20ClNO3. The van der Waals surface area contributed by atoms with Crippen molar-refractivity contribution in [2.45, 2.75) is 31.9 Å². The average Bonchev–Trinajstić information content (AvgIpc) is 2.87. The van der Waals surface area contributed by atoms with Gasteiger partial charge in [0.1, 0.15) is 0 Å². The normalized spacial score (nSPS) is 21.4. The number of halogens is 1. The molecule has 2 heterocycles. The Bertz CT molecular complexity index is 474. The smallest absolute Gasteiger partial charge is 0.231 e. The molecular weight excluding hydrogens is 278 g/mol. The predicted octanol–water partition coefficient (Wildman–Crippen LogP) is 3.07. The molecule has 0 aliphatic carbocycles. The fraction of sp³-hybridized carbons (Fsp3) is 0.600. The van der Waals surface area contributed by atoms with Gasteiger partial charge >= 0.3 is 0 Å². The number of ether oxygens (including phenoxy) is 3. The molecule has 1 unspecified atom stereocenters. The minimum absolute atomic E-state index is 0.279. The zero-order chi connectivity index (χ0) is 13.9. The monoisotopic (exact) mass is 297 g/mol. The zero-order valence-electron chi connectivity index (χ0n) is 11.7. The highest BCUT2D eigenvalue weighted by Crippen LogP contribution is 2.37. The molecule has 4 nitrogen and oxygen atoms in total. The van der Waals surface area contributed by atoms with E-state index in [1.807, 2.05) is 12.1 Å². The Balaban J connectivity index is 1.62. The summed E-state index contributed by atoms with van der Waals surface area (Å²) in [7, 11) is 2.10. The molecule has 1 aromatic rings. The Hall–Kier alpha value is -0.970. The molecule has 0 N–H and O–H groups in total. The number of likely N-dealkylation sites (N-methyl/N-ethyl adjacent to an activating group) is 1. The van der Waals surface area contributed by atoms with Gasteiger partial charge in [-0.25, -0.2) is 0 Å². The van der Waals surface area contributed by atoms with Gasteiger partial charge in [-0.05, 0) is 37.9 Å². The van der Waals surface area contributed by atoms with E-state index in [2.05, 4.69) is 11.9 Å². The quantitative estimate of drug-likeness (QED) is 0.854. The average molecular weight is 298 g/mol. The van der Waals surface area contributed by atoms with Gasteiger partial charge in [-0.2, -0.15) is 0 Å². The summed E-state index contributed by atoms with van der Waals surface area (Å²) in [6.07, 6.45) is 3.96. The third-order valence-electron chi connectivity index (χ3n) is 3.77. The number of hydrogen-bond donors (Lipinski definition) is 0. The van der Waals surface area contributed by atoms with Gasteiger partial charge in [-0.15, -0.1) is 0 Å². The van der Waals surface area contributed by atoms with Crippen LogP contribution in [-0.2, 0) is 11.3 Å². The van der Waals surface area contributed by atoms with E-state index in [4.69, 9.17) is 25.8 Å². The maximum atomic E-state index is 6.30. The van der Waals surface area contributed by atoms with Crippen molar-refractivity contribution in [1.29, 1.82) is 0 Å². The van der Waals surface area contributed by atoms with Gasteiger partial charge in [0.15, 0.2) is 11.5 Å². The number of benzene rings is 1. The van der Waals surface area contributed by atoms with Gasteiger partial charge in [0.25, 0.3) is 0 Å². The first-order chi connectivity index (χ1) is 9.72. The lowest BCUT2D eigenvalue weighted by Gasteiger charge is -2.27. The minimum atomic E-state index is 0.279. The summed E-state index contributed by atoms with van der Waals surface area (Å²) < 4.78 is 16.5. The Labute approximate surface area is 124 Å². The molecule has 1 fully saturated rings. The zero-order valence-corrected chi connectivity index (χ0v) is 12.5. The van der Waals surface area contributed by atoms with Crippen molar-refractivity contribution in [2.75, 3.05) is 27.0 Å². The summed E-state index contributed by atoms with van der Waals surface area (Å²) in [5.74, 6) is 1.52. The van der Waals surface area contributed by atoms with E-state index in [1.165, 1.54) is 12.8 Å². The first-order valence-corrected chi connectivity index (χ1v) is 7.48. The van der Waals surface area contributed by atoms with Crippen LogP contribution in [0.25, 0.3) is 0 Å². The van der Waals surface area contributed by atoms with Gasteiger partial charge in [0.05, 0.1) is 6.10 Å². The lowest BCUT2D eigenvalue weighted by molar-refractivity contribution is -0.00259. The van der Waals surface area contributed by atoms with Gasteiger partial charge in [-0.3, -0.25) is 4.90 Å². The Morgan fingerprint density at radius 1 is 1.25 bits per heavy atom. The molecule has 110 valence electrons. The maximum Gasteiger partial charge on any atom is 0.231 e. The SMILES string of the molecule is CN(Cc1cc2c(cc1Cl)OCO2)CC1CCCCO1. The third-order valence-corrected chi connectivity index (χ3v) is 4.12. The third kappa shape index (κ3) is 3.19. The topological polar surface area (TPSA) is 30.9 Å². The molecule has 0 saturated carbocycles. The molecule has 1 atom stereocenters. The second kappa shape index (κ2) is 6.20. The molecule has 1 saturated heterocycles. The summed E-state index contributed by atoms with van der Waals surface area (Å²) in [6, 6.07) is 3.81. The molecule has 3 rings (SSSR count). The van der Waals surface area contributed by atoms with Gasteiger partial charge in [0, 0.05) is 30.8 Å². The van der Waals surface area contributed by atoms with E-state index in [0.29, 0.717) is 6.10 Å². The minimum Gasteiger partial charge on any atom is -0.454 e. The Morgan fingerprint density at radius 3 is 2.80 bits per heavy atom. The number of fused-ring (bicyclic) bond motifs is 1. The van der Waals surface area contributed by atoms with E-state index in [9.17, 15) is 0 Å². The van der Waals surface area contributed by atoms with Crippen molar-refractivity contribution in [3.05, 3.63) is 22.7 Å². The molecule has 20 heavy (non-hydrogen) atoms. The summed E-state index contributed by atoms with van der Waals surface area (Å²) in [6.45, 7) is 2.89. The highest BCUT2D eigenvalue weighted by Gasteiger charge is 2.19. The standard InChI is InChI=1S/C15H20ClNO3/c1-17(9-12-4-2-3-5-18-12)8-11-6-14-15(7-13(11)16)20-10-19-14/h6-7,12H,2-5,8-10H2,1H3. The van der Waals surface area contributed by atoms with Crippen LogP contribution >= 0.6 is 11.6 Å². The predicted molar refractivity (Wildman–Crippen MR) is 77.5 cm³/mol. The highest BCUT2D eigenvalue weighted by atomic mass is 35.5. The first kappa shape index (κ1) is 14.0. The fourth-order valence-electron chi connectivity index (χ4n) is 2.73. The lowest BCUT2D eigenvalue weighted by atomic mass is 10.1. The lowest BCUT2D eigenvalue weighted by Crippen LogP contribution is -2.33. The molecule has 0 spiro atoms. The second-order valence-corrected chi connectivity index (χ2v) is 5.89. The molecule has 0 amide bonds. The second-order valence-electron chi connectivity index (χ2n) is 5.48. The van der Waals surface area contributed by atoms with Crippen LogP contribution in [0.5, 0.6) is 11.5 Å². The van der Waals surface area contributed by atoms with Crippen molar-refractivity contribution < 1.29 is 14.2 Å². The molecule has 5 heteroatoms. The summed E-state index contributed by atoms with van der Waals surface area (Å²) in [5, 5.41) is 0.727. The van der Waals surface area contributed by atoms with E-state index < -0.39 is 0 Å². The van der Waals surface area contributed by atoms with Crippen molar-refractivity contribution in [2.24, 2.45) is 0 Å². The summed E-state index contributed by atoms with van der Waals surface area (Å²) in [4.78, 5) is 2.25. The number of rotatable bonds is 4. The Kier molecular flexibility index (Phi) is 4.34. The van der Waals surface area contributed by atoms with Crippen molar-refractivity contribution in [1.82, 2.24) is 4.90 Å². The van der Waals surface area contributed by atoms with Crippen molar-refractivity contribution in [3.63, 3.8) is 0 Å². The molecule has 2 aliphatic rings. The van der Waals surface area contributed by atoms with E-state index in [-0.39, 0.29) is 6.79 Å². The van der Waals surface area contributed by atoms with Crippen LogP contribution in [0.15, 0.2) is 12.1 Å². The largest absolute Gasteiger partial charge is 0.454 e. The molecule has 1 aromatic carbocycles. The van der Waals surface area contributed by atoms with Crippen molar-refractivity contribution >= 4 is 11.6 Å². The van der Waals surface area contributed by atoms with E-state index in [0.717, 1.165) is 48.2 Å². The molecule has 0 radical (unpaired) electrons. The summed E-state index contributed by atoms with van der Waals surface area (Å²) >= 11 is 6.30. The summed E-state index contributed by atoms with van der Waals surface area (Å²) in [5.41, 5.74) is 1.06.